The summed E-state index contributed by atoms with van der Waals surface area (Å²) < 4.78 is 0.955. The first-order valence-electron chi connectivity index (χ1n) is 4.77. The number of urea groups is 1. The van der Waals surface area contributed by atoms with Gasteiger partial charge in [-0.2, -0.15) is 0 Å². The van der Waals surface area contributed by atoms with E-state index in [4.69, 9.17) is 0 Å². The zero-order valence-corrected chi connectivity index (χ0v) is 10.1. The summed E-state index contributed by atoms with van der Waals surface area (Å²) in [5.41, 5.74) is 0.918. The Bertz CT molecular complexity index is 365. The van der Waals surface area contributed by atoms with Crippen molar-refractivity contribution in [3.8, 4) is 0 Å². The first-order chi connectivity index (χ1) is 7.16. The molecular weight excluding hydrogens is 258 g/mol. The number of carbonyl (C=O) groups excluding carboxylic acids is 1. The van der Waals surface area contributed by atoms with Crippen molar-refractivity contribution >= 4 is 22.0 Å². The number of aromatic nitrogens is 1. The molecule has 0 bridgehead atoms. The highest BCUT2D eigenvalue weighted by atomic mass is 79.9. The summed E-state index contributed by atoms with van der Waals surface area (Å²) in [5, 5.41) is 0. The van der Waals surface area contributed by atoms with Gasteiger partial charge in [-0.25, -0.2) is 4.79 Å². The van der Waals surface area contributed by atoms with Crippen molar-refractivity contribution in [3.63, 3.8) is 0 Å². The summed E-state index contributed by atoms with van der Waals surface area (Å²) in [6, 6.07) is 3.95. The lowest BCUT2D eigenvalue weighted by atomic mass is 10.3. The molecule has 2 rings (SSSR count). The Hall–Kier alpha value is -1.10. The highest BCUT2D eigenvalue weighted by molar-refractivity contribution is 9.10. The van der Waals surface area contributed by atoms with E-state index >= 15 is 0 Å². The van der Waals surface area contributed by atoms with Gasteiger partial charge in [-0.05, 0) is 28.1 Å². The number of likely N-dealkylation sites (N-methyl/N-ethyl adjacent to an activating group) is 1. The van der Waals surface area contributed by atoms with Crippen LogP contribution in [0.25, 0.3) is 0 Å². The van der Waals surface area contributed by atoms with Crippen molar-refractivity contribution in [1.82, 2.24) is 14.8 Å². The van der Waals surface area contributed by atoms with E-state index in [-0.39, 0.29) is 6.03 Å². The maximum atomic E-state index is 11.6. The van der Waals surface area contributed by atoms with Gasteiger partial charge in [0.1, 0.15) is 0 Å². The van der Waals surface area contributed by atoms with E-state index in [1.165, 1.54) is 0 Å². The minimum absolute atomic E-state index is 0.0831. The van der Waals surface area contributed by atoms with Crippen molar-refractivity contribution in [3.05, 3.63) is 28.5 Å². The molecule has 0 spiro atoms. The summed E-state index contributed by atoms with van der Waals surface area (Å²) in [6.07, 6.45) is 1.75. The van der Waals surface area contributed by atoms with E-state index in [9.17, 15) is 4.79 Å². The average Bonchev–Trinajstić information content (AvgIpc) is 2.53. The van der Waals surface area contributed by atoms with Crippen LogP contribution in [0.15, 0.2) is 22.8 Å². The van der Waals surface area contributed by atoms with Gasteiger partial charge in [-0.3, -0.25) is 4.98 Å². The number of rotatable bonds is 2. The highest BCUT2D eigenvalue weighted by Gasteiger charge is 2.25. The Labute approximate surface area is 97.0 Å². The van der Waals surface area contributed by atoms with Gasteiger partial charge < -0.3 is 9.80 Å². The van der Waals surface area contributed by atoms with E-state index in [0.717, 1.165) is 23.3 Å². The SMILES string of the molecule is CN1CCN(Cc2ccc(Br)cn2)C1=O. The summed E-state index contributed by atoms with van der Waals surface area (Å²) >= 11 is 3.33. The van der Waals surface area contributed by atoms with Crippen molar-refractivity contribution < 1.29 is 4.79 Å². The van der Waals surface area contributed by atoms with Gasteiger partial charge >= 0.3 is 6.03 Å². The Balaban J connectivity index is 2.03. The normalized spacial score (nSPS) is 16.3. The molecule has 80 valence electrons. The molecule has 2 amide bonds. The lowest BCUT2D eigenvalue weighted by Crippen LogP contribution is -2.29. The standard InChI is InChI=1S/C10H12BrN3O/c1-13-4-5-14(10(13)15)7-9-3-2-8(11)6-12-9/h2-3,6H,4-5,7H2,1H3. The van der Waals surface area contributed by atoms with Crippen LogP contribution in [0.1, 0.15) is 5.69 Å². The lowest BCUT2D eigenvalue weighted by Gasteiger charge is -2.15. The Morgan fingerprint density at radius 2 is 2.27 bits per heavy atom. The summed E-state index contributed by atoms with van der Waals surface area (Å²) in [7, 11) is 1.82. The zero-order valence-electron chi connectivity index (χ0n) is 8.48. The molecule has 2 heterocycles. The largest absolute Gasteiger partial charge is 0.326 e. The third-order valence-corrected chi connectivity index (χ3v) is 2.91. The molecule has 1 aliphatic heterocycles. The molecule has 4 nitrogen and oxygen atoms in total. The predicted molar refractivity (Wildman–Crippen MR) is 60.4 cm³/mol. The first-order valence-corrected chi connectivity index (χ1v) is 5.56. The molecule has 15 heavy (non-hydrogen) atoms. The number of hydrogen-bond acceptors (Lipinski definition) is 2. The van der Waals surface area contributed by atoms with Crippen LogP contribution in [0.3, 0.4) is 0 Å². The van der Waals surface area contributed by atoms with Crippen molar-refractivity contribution in [1.29, 1.82) is 0 Å². The molecule has 0 atom stereocenters. The van der Waals surface area contributed by atoms with Gasteiger partial charge in [0.2, 0.25) is 0 Å². The first kappa shape index (κ1) is 10.4. The molecule has 1 aromatic rings. The second-order valence-electron chi connectivity index (χ2n) is 3.59. The van der Waals surface area contributed by atoms with Crippen LogP contribution in [0, 0.1) is 0 Å². The van der Waals surface area contributed by atoms with E-state index in [1.807, 2.05) is 19.2 Å². The average molecular weight is 270 g/mol. The quantitative estimate of drug-likeness (QED) is 0.820. The molecule has 0 aromatic carbocycles. The molecule has 1 saturated heterocycles. The van der Waals surface area contributed by atoms with Crippen molar-refractivity contribution in [2.24, 2.45) is 0 Å². The van der Waals surface area contributed by atoms with Crippen molar-refractivity contribution in [2.75, 3.05) is 20.1 Å². The molecule has 5 heteroatoms. The zero-order chi connectivity index (χ0) is 10.8. The molecule has 1 fully saturated rings. The minimum atomic E-state index is 0.0831. The fourth-order valence-corrected chi connectivity index (χ4v) is 1.78. The molecule has 0 N–H and O–H groups in total. The summed E-state index contributed by atoms with van der Waals surface area (Å²) in [4.78, 5) is 19.4. The van der Waals surface area contributed by atoms with Gasteiger partial charge in [-0.15, -0.1) is 0 Å². The second-order valence-corrected chi connectivity index (χ2v) is 4.51. The minimum Gasteiger partial charge on any atom is -0.326 e. The van der Waals surface area contributed by atoms with Crippen LogP contribution < -0.4 is 0 Å². The summed E-state index contributed by atoms with van der Waals surface area (Å²) in [5.74, 6) is 0. The topological polar surface area (TPSA) is 36.4 Å². The van der Waals surface area contributed by atoms with Crippen LogP contribution in [0.2, 0.25) is 0 Å². The molecule has 0 saturated carbocycles. The molecule has 1 aromatic heterocycles. The van der Waals surface area contributed by atoms with E-state index < -0.39 is 0 Å². The number of hydrogen-bond donors (Lipinski definition) is 0. The number of pyridine rings is 1. The number of carbonyl (C=O) groups is 1. The van der Waals surface area contributed by atoms with Crippen LogP contribution in [-0.2, 0) is 6.54 Å². The number of amides is 2. The maximum Gasteiger partial charge on any atom is 0.320 e. The second kappa shape index (κ2) is 4.18. The third-order valence-electron chi connectivity index (χ3n) is 2.44. The van der Waals surface area contributed by atoms with Crippen LogP contribution in [0.4, 0.5) is 4.79 Å². The van der Waals surface area contributed by atoms with E-state index in [2.05, 4.69) is 20.9 Å². The third kappa shape index (κ3) is 2.28. The monoisotopic (exact) mass is 269 g/mol. The van der Waals surface area contributed by atoms with Gasteiger partial charge in [0.15, 0.2) is 0 Å². The fourth-order valence-electron chi connectivity index (χ4n) is 1.55. The Kier molecular flexibility index (Phi) is 2.90. The maximum absolute atomic E-state index is 11.6. The lowest BCUT2D eigenvalue weighted by molar-refractivity contribution is 0.196. The van der Waals surface area contributed by atoms with Crippen LogP contribution in [-0.4, -0.2) is 41.0 Å². The Morgan fingerprint density at radius 3 is 2.80 bits per heavy atom. The van der Waals surface area contributed by atoms with Crippen molar-refractivity contribution in [2.45, 2.75) is 6.54 Å². The molecule has 0 radical (unpaired) electrons. The van der Waals surface area contributed by atoms with Gasteiger partial charge in [-0.1, -0.05) is 0 Å². The van der Waals surface area contributed by atoms with Gasteiger partial charge in [0.25, 0.3) is 0 Å². The predicted octanol–water partition coefficient (Wildman–Crippen LogP) is 1.71. The molecular formula is C10H12BrN3O. The number of halogens is 1. The molecule has 1 aliphatic rings. The van der Waals surface area contributed by atoms with E-state index in [0.29, 0.717) is 6.54 Å². The molecule has 0 unspecified atom stereocenters. The highest BCUT2D eigenvalue weighted by Crippen LogP contribution is 2.12. The smallest absolute Gasteiger partial charge is 0.320 e. The van der Waals surface area contributed by atoms with Gasteiger partial charge in [0, 0.05) is 30.8 Å². The van der Waals surface area contributed by atoms with Crippen LogP contribution >= 0.6 is 15.9 Å². The fraction of sp³-hybridized carbons (Fsp3) is 0.400. The van der Waals surface area contributed by atoms with E-state index in [1.54, 1.807) is 16.0 Å². The molecule has 0 aliphatic carbocycles. The number of nitrogens with zero attached hydrogens (tertiary/aromatic N) is 3. The summed E-state index contributed by atoms with van der Waals surface area (Å²) in [6.45, 7) is 2.18. The van der Waals surface area contributed by atoms with Crippen LogP contribution in [0.5, 0.6) is 0 Å². The van der Waals surface area contributed by atoms with Gasteiger partial charge in [0.05, 0.1) is 12.2 Å². The Morgan fingerprint density at radius 1 is 1.47 bits per heavy atom.